The number of nitro groups is 1. The zero-order chi connectivity index (χ0) is 18.8. The van der Waals surface area contributed by atoms with Crippen molar-refractivity contribution < 1.29 is 19.2 Å². The van der Waals surface area contributed by atoms with E-state index in [1.54, 1.807) is 25.3 Å². The van der Waals surface area contributed by atoms with Crippen molar-refractivity contribution in [1.82, 2.24) is 5.32 Å². The maximum absolute atomic E-state index is 11.8. The van der Waals surface area contributed by atoms with E-state index in [-0.39, 0.29) is 11.6 Å². The zero-order valence-electron chi connectivity index (χ0n) is 14.3. The Bertz CT molecular complexity index is 737. The molecule has 0 fully saturated rings. The summed E-state index contributed by atoms with van der Waals surface area (Å²) in [5, 5.41) is 13.4. The summed E-state index contributed by atoms with van der Waals surface area (Å²) >= 11 is 1.45. The molecule has 2 rings (SSSR count). The van der Waals surface area contributed by atoms with Crippen LogP contribution in [0.15, 0.2) is 48.5 Å². The van der Waals surface area contributed by atoms with Gasteiger partial charge in [-0.2, -0.15) is 0 Å². The lowest BCUT2D eigenvalue weighted by Gasteiger charge is -2.10. The highest BCUT2D eigenvalue weighted by Crippen LogP contribution is 2.25. The lowest BCUT2D eigenvalue weighted by molar-refractivity contribution is -0.384. The molecule has 7 nitrogen and oxygen atoms in total. The minimum atomic E-state index is -0.433. The maximum atomic E-state index is 11.8. The van der Waals surface area contributed by atoms with Gasteiger partial charge in [-0.3, -0.25) is 14.9 Å². The van der Waals surface area contributed by atoms with E-state index < -0.39 is 4.92 Å². The lowest BCUT2D eigenvalue weighted by atomic mass is 10.2. The Balaban J connectivity index is 1.62. The van der Waals surface area contributed by atoms with E-state index in [9.17, 15) is 14.9 Å². The Labute approximate surface area is 155 Å². The highest BCUT2D eigenvalue weighted by Gasteiger charge is 2.06. The number of thioether (sulfide) groups is 1. The summed E-state index contributed by atoms with van der Waals surface area (Å²) in [7, 11) is 1.58. The number of benzene rings is 2. The third kappa shape index (κ3) is 6.29. The number of ether oxygens (including phenoxy) is 2. The van der Waals surface area contributed by atoms with E-state index in [2.05, 4.69) is 5.32 Å². The number of para-hydroxylation sites is 2. The molecule has 0 saturated heterocycles. The minimum Gasteiger partial charge on any atom is -0.493 e. The van der Waals surface area contributed by atoms with Gasteiger partial charge in [0.05, 0.1) is 24.3 Å². The summed E-state index contributed by atoms with van der Waals surface area (Å²) in [6.45, 7) is 0.744. The molecule has 0 saturated carbocycles. The number of rotatable bonds is 10. The molecule has 8 heteroatoms. The Morgan fingerprint density at radius 2 is 1.85 bits per heavy atom. The Morgan fingerprint density at radius 3 is 2.50 bits per heavy atom. The van der Waals surface area contributed by atoms with Crippen LogP contribution in [0.4, 0.5) is 5.69 Å². The molecule has 0 heterocycles. The molecule has 0 aliphatic carbocycles. The number of nitrogens with zero attached hydrogens (tertiary/aromatic N) is 1. The van der Waals surface area contributed by atoms with Crippen LogP contribution in [0.1, 0.15) is 5.56 Å². The Kier molecular flexibility index (Phi) is 7.75. The Hall–Kier alpha value is -2.74. The van der Waals surface area contributed by atoms with Crippen LogP contribution in [-0.4, -0.2) is 36.8 Å². The monoisotopic (exact) mass is 376 g/mol. The van der Waals surface area contributed by atoms with Crippen LogP contribution in [0.5, 0.6) is 11.5 Å². The number of hydrogen-bond donors (Lipinski definition) is 1. The van der Waals surface area contributed by atoms with Gasteiger partial charge in [0.25, 0.3) is 5.69 Å². The van der Waals surface area contributed by atoms with Crippen molar-refractivity contribution in [2.45, 2.75) is 5.75 Å². The zero-order valence-corrected chi connectivity index (χ0v) is 15.2. The molecule has 0 aromatic heterocycles. The SMILES string of the molecule is COc1ccccc1OCCNC(=O)CSCc1ccc([N+](=O)[O-])cc1. The molecule has 2 aromatic rings. The van der Waals surface area contributed by atoms with Gasteiger partial charge in [-0.25, -0.2) is 0 Å². The molecule has 0 spiro atoms. The standard InChI is InChI=1S/C18H20N2O5S/c1-24-16-4-2-3-5-17(16)25-11-10-19-18(21)13-26-12-14-6-8-15(9-7-14)20(22)23/h2-9H,10-13H2,1H3,(H,19,21). The van der Waals surface area contributed by atoms with Crippen LogP contribution in [0.25, 0.3) is 0 Å². The summed E-state index contributed by atoms with van der Waals surface area (Å²) in [6, 6.07) is 13.6. The lowest BCUT2D eigenvalue weighted by Crippen LogP contribution is -2.29. The molecule has 0 unspecified atom stereocenters. The predicted octanol–water partition coefficient (Wildman–Crippen LogP) is 3.03. The second-order valence-electron chi connectivity index (χ2n) is 5.27. The maximum Gasteiger partial charge on any atom is 0.269 e. The molecule has 26 heavy (non-hydrogen) atoms. The van der Waals surface area contributed by atoms with E-state index in [0.29, 0.717) is 36.2 Å². The molecule has 2 aromatic carbocycles. The van der Waals surface area contributed by atoms with Crippen LogP contribution in [-0.2, 0) is 10.5 Å². The number of non-ortho nitro benzene ring substituents is 1. The number of nitro benzene ring substituents is 1. The quantitative estimate of drug-likeness (QED) is 0.389. The first-order chi connectivity index (χ1) is 12.6. The molecule has 1 amide bonds. The average molecular weight is 376 g/mol. The van der Waals surface area contributed by atoms with Crippen molar-refractivity contribution in [3.05, 3.63) is 64.2 Å². The number of carbonyl (C=O) groups excluding carboxylic acids is 1. The highest BCUT2D eigenvalue weighted by molar-refractivity contribution is 7.99. The van der Waals surface area contributed by atoms with Crippen molar-refractivity contribution in [3.8, 4) is 11.5 Å². The molecule has 0 bridgehead atoms. The predicted molar refractivity (Wildman–Crippen MR) is 101 cm³/mol. The van der Waals surface area contributed by atoms with Crippen LogP contribution in [0, 0.1) is 10.1 Å². The van der Waals surface area contributed by atoms with Gasteiger partial charge in [0.2, 0.25) is 5.91 Å². The fraction of sp³-hybridized carbons (Fsp3) is 0.278. The summed E-state index contributed by atoms with van der Waals surface area (Å²) < 4.78 is 10.8. The van der Waals surface area contributed by atoms with E-state index >= 15 is 0 Å². The van der Waals surface area contributed by atoms with Gasteiger partial charge in [-0.1, -0.05) is 24.3 Å². The normalized spacial score (nSPS) is 10.2. The largest absolute Gasteiger partial charge is 0.493 e. The van der Waals surface area contributed by atoms with Gasteiger partial charge in [0.1, 0.15) is 6.61 Å². The van der Waals surface area contributed by atoms with Crippen molar-refractivity contribution in [3.63, 3.8) is 0 Å². The van der Waals surface area contributed by atoms with E-state index in [1.165, 1.54) is 23.9 Å². The van der Waals surface area contributed by atoms with Crippen molar-refractivity contribution in [2.24, 2.45) is 0 Å². The third-order valence-electron chi connectivity index (χ3n) is 3.40. The smallest absolute Gasteiger partial charge is 0.269 e. The summed E-state index contributed by atoms with van der Waals surface area (Å²) in [6.07, 6.45) is 0. The summed E-state index contributed by atoms with van der Waals surface area (Å²) in [5.74, 6) is 2.13. The molecule has 138 valence electrons. The van der Waals surface area contributed by atoms with Crippen molar-refractivity contribution in [1.29, 1.82) is 0 Å². The number of amides is 1. The first kappa shape index (κ1) is 19.6. The third-order valence-corrected chi connectivity index (χ3v) is 4.40. The second kappa shape index (κ2) is 10.3. The van der Waals surface area contributed by atoms with Crippen LogP contribution in [0.3, 0.4) is 0 Å². The van der Waals surface area contributed by atoms with Crippen LogP contribution < -0.4 is 14.8 Å². The summed E-state index contributed by atoms with van der Waals surface area (Å²) in [4.78, 5) is 22.0. The number of methoxy groups -OCH3 is 1. The average Bonchev–Trinajstić information content (AvgIpc) is 2.66. The fourth-order valence-electron chi connectivity index (χ4n) is 2.12. The first-order valence-electron chi connectivity index (χ1n) is 7.93. The topological polar surface area (TPSA) is 90.7 Å². The van der Waals surface area contributed by atoms with Crippen molar-refractivity contribution >= 4 is 23.4 Å². The van der Waals surface area contributed by atoms with Gasteiger partial charge >= 0.3 is 0 Å². The number of hydrogen-bond acceptors (Lipinski definition) is 6. The van der Waals surface area contributed by atoms with E-state index in [4.69, 9.17) is 9.47 Å². The molecule has 0 radical (unpaired) electrons. The second-order valence-corrected chi connectivity index (χ2v) is 6.25. The van der Waals surface area contributed by atoms with Crippen molar-refractivity contribution in [2.75, 3.05) is 26.0 Å². The van der Waals surface area contributed by atoms with Crippen LogP contribution >= 0.6 is 11.8 Å². The number of carbonyl (C=O) groups is 1. The van der Waals surface area contributed by atoms with Gasteiger partial charge in [-0.15, -0.1) is 11.8 Å². The van der Waals surface area contributed by atoms with Crippen LogP contribution in [0.2, 0.25) is 0 Å². The summed E-state index contributed by atoms with van der Waals surface area (Å²) in [5.41, 5.74) is 0.999. The molecule has 1 N–H and O–H groups in total. The molecule has 0 aliphatic heterocycles. The fourth-order valence-corrected chi connectivity index (χ4v) is 2.93. The van der Waals surface area contributed by atoms with E-state index in [1.807, 2.05) is 18.2 Å². The van der Waals surface area contributed by atoms with Gasteiger partial charge in [0.15, 0.2) is 11.5 Å². The molecule has 0 atom stereocenters. The molecule has 0 aliphatic rings. The molecular formula is C18H20N2O5S. The molecular weight excluding hydrogens is 356 g/mol. The Morgan fingerprint density at radius 1 is 1.15 bits per heavy atom. The first-order valence-corrected chi connectivity index (χ1v) is 9.09. The van der Waals surface area contributed by atoms with Gasteiger partial charge in [0, 0.05) is 17.9 Å². The minimum absolute atomic E-state index is 0.0616. The van der Waals surface area contributed by atoms with Gasteiger partial charge in [-0.05, 0) is 17.7 Å². The van der Waals surface area contributed by atoms with Gasteiger partial charge < -0.3 is 14.8 Å². The highest BCUT2D eigenvalue weighted by atomic mass is 32.2. The number of nitrogens with one attached hydrogen (secondary N) is 1. The van der Waals surface area contributed by atoms with E-state index in [0.717, 1.165) is 5.56 Å².